The predicted octanol–water partition coefficient (Wildman–Crippen LogP) is 7.39. The van der Waals surface area contributed by atoms with Gasteiger partial charge in [0.2, 0.25) is 0 Å². The molecule has 0 spiro atoms. The van der Waals surface area contributed by atoms with Crippen LogP contribution in [0.25, 0.3) is 0 Å². The summed E-state index contributed by atoms with van der Waals surface area (Å²) in [5.41, 5.74) is 1.76. The van der Waals surface area contributed by atoms with Crippen molar-refractivity contribution in [2.75, 3.05) is 4.43 Å². The molecule has 0 heterocycles. The van der Waals surface area contributed by atoms with E-state index in [-0.39, 0.29) is 11.5 Å². The van der Waals surface area contributed by atoms with E-state index in [0.29, 0.717) is 17.4 Å². The third kappa shape index (κ3) is 5.31. The molecule has 164 valence electrons. The van der Waals surface area contributed by atoms with Crippen LogP contribution in [0.15, 0.2) is 24.3 Å². The minimum Gasteiger partial charge on any atom is -0.490 e. The Morgan fingerprint density at radius 3 is 2.41 bits per heavy atom. The van der Waals surface area contributed by atoms with Gasteiger partial charge in [0.15, 0.2) is 0 Å². The summed E-state index contributed by atoms with van der Waals surface area (Å²) < 4.78 is 7.93. The number of rotatable bonds is 8. The molecule has 2 aliphatic rings. The van der Waals surface area contributed by atoms with Gasteiger partial charge in [-0.1, -0.05) is 101 Å². The van der Waals surface area contributed by atoms with Gasteiger partial charge in [-0.05, 0) is 43.1 Å². The smallest absolute Gasteiger partial charge is 0.124 e. The molecule has 29 heavy (non-hydrogen) atoms. The van der Waals surface area contributed by atoms with Crippen LogP contribution < -0.4 is 10.1 Å². The molecule has 0 bridgehead atoms. The highest BCUT2D eigenvalue weighted by molar-refractivity contribution is 14.1. The van der Waals surface area contributed by atoms with Gasteiger partial charge < -0.3 is 10.1 Å². The van der Waals surface area contributed by atoms with Gasteiger partial charge in [0.05, 0.1) is 0 Å². The van der Waals surface area contributed by atoms with Crippen molar-refractivity contribution >= 4 is 22.6 Å². The van der Waals surface area contributed by atoms with Crippen molar-refractivity contribution in [3.63, 3.8) is 0 Å². The standard InChI is InChI=1S/C26H42INO/c1-19(15-20-11-7-6-8-12-20)28-18-21-13-9-10-14-23(21)29-24-16-22(17-27)25(2,3)26(24,4)5/h9-10,13-14,19-20,22,24,28H,6-8,11-12,15-18H2,1-5H3. The van der Waals surface area contributed by atoms with Crippen LogP contribution in [0.3, 0.4) is 0 Å². The van der Waals surface area contributed by atoms with Crippen molar-refractivity contribution < 1.29 is 4.74 Å². The monoisotopic (exact) mass is 511 g/mol. The van der Waals surface area contributed by atoms with Gasteiger partial charge in [-0.15, -0.1) is 0 Å². The molecule has 3 heteroatoms. The number of hydrogen-bond donors (Lipinski definition) is 1. The zero-order chi connectivity index (χ0) is 21.1. The first-order valence-electron chi connectivity index (χ1n) is 11.8. The second-order valence-corrected chi connectivity index (χ2v) is 11.6. The van der Waals surface area contributed by atoms with E-state index in [1.165, 1.54) is 48.5 Å². The summed E-state index contributed by atoms with van der Waals surface area (Å²) in [6, 6.07) is 9.23. The van der Waals surface area contributed by atoms with Crippen LogP contribution >= 0.6 is 22.6 Å². The summed E-state index contributed by atoms with van der Waals surface area (Å²) >= 11 is 2.56. The molecule has 3 rings (SSSR count). The lowest BCUT2D eigenvalue weighted by molar-refractivity contribution is 0.0298. The fourth-order valence-electron chi connectivity index (χ4n) is 5.45. The average Bonchev–Trinajstić information content (AvgIpc) is 2.87. The van der Waals surface area contributed by atoms with E-state index in [4.69, 9.17) is 4.74 Å². The molecule has 0 aromatic heterocycles. The van der Waals surface area contributed by atoms with E-state index in [1.54, 1.807) is 0 Å². The molecule has 0 amide bonds. The maximum absolute atomic E-state index is 6.73. The highest BCUT2D eigenvalue weighted by Crippen LogP contribution is 2.57. The molecule has 3 unspecified atom stereocenters. The molecule has 2 fully saturated rings. The summed E-state index contributed by atoms with van der Waals surface area (Å²) in [5.74, 6) is 2.71. The quantitative estimate of drug-likeness (QED) is 0.290. The third-order valence-corrected chi connectivity index (χ3v) is 9.53. The lowest BCUT2D eigenvalue weighted by Crippen LogP contribution is -2.39. The Balaban J connectivity index is 1.62. The number of halogens is 1. The predicted molar refractivity (Wildman–Crippen MR) is 133 cm³/mol. The van der Waals surface area contributed by atoms with Crippen molar-refractivity contribution in [2.24, 2.45) is 22.7 Å². The van der Waals surface area contributed by atoms with Gasteiger partial charge in [-0.25, -0.2) is 0 Å². The second kappa shape index (κ2) is 9.89. The molecule has 2 saturated carbocycles. The van der Waals surface area contributed by atoms with E-state index in [0.717, 1.165) is 24.6 Å². The molecule has 3 atom stereocenters. The maximum Gasteiger partial charge on any atom is 0.124 e. The van der Waals surface area contributed by atoms with Gasteiger partial charge in [-0.2, -0.15) is 0 Å². The highest BCUT2D eigenvalue weighted by Gasteiger charge is 2.55. The number of para-hydroxylation sites is 1. The van der Waals surface area contributed by atoms with Crippen LogP contribution in [-0.2, 0) is 6.54 Å². The SMILES string of the molecule is CC(CC1CCCCC1)NCc1ccccc1OC1CC(CI)C(C)(C)C1(C)C. The van der Waals surface area contributed by atoms with Gasteiger partial charge in [-0.3, -0.25) is 0 Å². The number of hydrogen-bond acceptors (Lipinski definition) is 2. The van der Waals surface area contributed by atoms with Crippen LogP contribution in [0, 0.1) is 22.7 Å². The van der Waals surface area contributed by atoms with Crippen molar-refractivity contribution in [1.82, 2.24) is 5.32 Å². The normalized spacial score (nSPS) is 27.7. The molecule has 0 aliphatic heterocycles. The first-order chi connectivity index (χ1) is 13.8. The molecular formula is C26H42INO. The van der Waals surface area contributed by atoms with E-state index in [2.05, 4.69) is 86.8 Å². The van der Waals surface area contributed by atoms with Crippen LogP contribution in [0.4, 0.5) is 0 Å². The van der Waals surface area contributed by atoms with E-state index < -0.39 is 0 Å². The first-order valence-corrected chi connectivity index (χ1v) is 13.3. The number of ether oxygens (including phenoxy) is 1. The molecule has 1 aromatic carbocycles. The van der Waals surface area contributed by atoms with E-state index >= 15 is 0 Å². The van der Waals surface area contributed by atoms with Crippen molar-refractivity contribution in [3.8, 4) is 5.75 Å². The zero-order valence-corrected chi connectivity index (χ0v) is 21.4. The fraction of sp³-hybridized carbons (Fsp3) is 0.769. The molecule has 0 saturated heterocycles. The fourth-order valence-corrected chi connectivity index (χ4v) is 6.91. The van der Waals surface area contributed by atoms with Crippen LogP contribution in [0.2, 0.25) is 0 Å². The number of benzene rings is 1. The second-order valence-electron chi connectivity index (χ2n) is 10.8. The molecule has 1 N–H and O–H groups in total. The Morgan fingerprint density at radius 2 is 1.76 bits per heavy atom. The van der Waals surface area contributed by atoms with Crippen LogP contribution in [0.1, 0.15) is 85.1 Å². The topological polar surface area (TPSA) is 21.3 Å². The zero-order valence-electron chi connectivity index (χ0n) is 19.3. The molecule has 0 radical (unpaired) electrons. The summed E-state index contributed by atoms with van der Waals surface area (Å²) in [7, 11) is 0. The molecule has 1 aromatic rings. The summed E-state index contributed by atoms with van der Waals surface area (Å²) in [6.45, 7) is 12.9. The Morgan fingerprint density at radius 1 is 1.07 bits per heavy atom. The molecule has 2 aliphatic carbocycles. The summed E-state index contributed by atoms with van der Waals surface area (Å²) in [4.78, 5) is 0. The minimum absolute atomic E-state index is 0.164. The largest absolute Gasteiger partial charge is 0.490 e. The summed E-state index contributed by atoms with van der Waals surface area (Å²) in [5, 5.41) is 3.79. The Hall–Kier alpha value is -0.290. The van der Waals surface area contributed by atoms with E-state index in [9.17, 15) is 0 Å². The Kier molecular flexibility index (Phi) is 7.97. The Labute approximate surface area is 193 Å². The molecule has 2 nitrogen and oxygen atoms in total. The van der Waals surface area contributed by atoms with Crippen LogP contribution in [-0.4, -0.2) is 16.6 Å². The Bertz CT molecular complexity index is 650. The van der Waals surface area contributed by atoms with Gasteiger partial charge in [0, 0.05) is 28.0 Å². The maximum atomic E-state index is 6.73. The minimum atomic E-state index is 0.164. The lowest BCUT2D eigenvalue weighted by atomic mass is 9.67. The third-order valence-electron chi connectivity index (χ3n) is 8.47. The summed E-state index contributed by atoms with van der Waals surface area (Å²) in [6.07, 6.45) is 9.90. The van der Waals surface area contributed by atoms with Crippen molar-refractivity contribution in [2.45, 2.75) is 98.3 Å². The van der Waals surface area contributed by atoms with E-state index in [1.807, 2.05) is 0 Å². The molecular weight excluding hydrogens is 469 g/mol. The first kappa shape index (κ1) is 23.4. The highest BCUT2D eigenvalue weighted by atomic mass is 127. The van der Waals surface area contributed by atoms with Gasteiger partial charge in [0.25, 0.3) is 0 Å². The van der Waals surface area contributed by atoms with Gasteiger partial charge >= 0.3 is 0 Å². The van der Waals surface area contributed by atoms with Crippen molar-refractivity contribution in [3.05, 3.63) is 29.8 Å². The van der Waals surface area contributed by atoms with Crippen molar-refractivity contribution in [1.29, 1.82) is 0 Å². The number of alkyl halides is 1. The average molecular weight is 512 g/mol. The number of nitrogens with one attached hydrogen (secondary N) is 1. The lowest BCUT2D eigenvalue weighted by Gasteiger charge is -2.41. The van der Waals surface area contributed by atoms with Crippen LogP contribution in [0.5, 0.6) is 5.75 Å². The van der Waals surface area contributed by atoms with Gasteiger partial charge in [0.1, 0.15) is 11.9 Å².